The van der Waals surface area contributed by atoms with Crippen LogP contribution in [-0.2, 0) is 28.1 Å². The summed E-state index contributed by atoms with van der Waals surface area (Å²) >= 11 is -1.16. The zero-order valence-electron chi connectivity index (χ0n) is 7.85. The molecule has 0 radical (unpaired) electrons. The molecular weight excluding hydrogens is 360 g/mol. The van der Waals surface area contributed by atoms with Crippen LogP contribution in [0.15, 0.2) is 12.2 Å². The second-order valence-corrected chi connectivity index (χ2v) is 11.1. The molecule has 1 nitrogen and oxygen atoms in total. The average molecular weight is 375 g/mol. The van der Waals surface area contributed by atoms with Crippen molar-refractivity contribution in [3.05, 3.63) is 12.2 Å². The van der Waals surface area contributed by atoms with Crippen molar-refractivity contribution in [1.29, 1.82) is 0 Å². The molecule has 0 fully saturated rings. The van der Waals surface area contributed by atoms with Crippen molar-refractivity contribution in [3.8, 4) is 0 Å². The Morgan fingerprint density at radius 2 is 2.42 bits per heavy atom. The minimum absolute atomic E-state index is 0.109. The Kier molecular flexibility index (Phi) is 4.56. The predicted octanol–water partition coefficient (Wildman–Crippen LogP) is 3.16. The van der Waals surface area contributed by atoms with Gasteiger partial charge in [0, 0.05) is 0 Å². The van der Waals surface area contributed by atoms with Gasteiger partial charge in [0.25, 0.3) is 0 Å². The standard InChI is InChI=1S/C9H15O.ClH.Hg/c1-3-9(10-2)7-5-4-6-8-9;;/h4-5,8H,3,6-7H2,1-2H3;1H;/q;;+1/p-1. The van der Waals surface area contributed by atoms with E-state index >= 15 is 0 Å². The summed E-state index contributed by atoms with van der Waals surface area (Å²) in [6, 6.07) is 0. The number of hydrogen-bond donors (Lipinski definition) is 0. The number of ether oxygens (including phenoxy) is 1. The maximum absolute atomic E-state index is 6.13. The van der Waals surface area contributed by atoms with Gasteiger partial charge < -0.3 is 0 Å². The molecule has 12 heavy (non-hydrogen) atoms. The topological polar surface area (TPSA) is 9.23 Å². The molecule has 0 aromatic heterocycles. The minimum atomic E-state index is -1.16. The zero-order chi connectivity index (χ0) is 9.03. The summed E-state index contributed by atoms with van der Waals surface area (Å²) in [5.41, 5.74) is 0.109. The molecule has 0 spiro atoms. The molecule has 0 heterocycles. The van der Waals surface area contributed by atoms with Crippen molar-refractivity contribution in [1.82, 2.24) is 0 Å². The fraction of sp³-hybridized carbons (Fsp3) is 0.778. The van der Waals surface area contributed by atoms with Crippen LogP contribution in [0.5, 0.6) is 0 Å². The first-order valence-corrected chi connectivity index (χ1v) is 14.5. The van der Waals surface area contributed by atoms with Crippen molar-refractivity contribution in [2.75, 3.05) is 7.11 Å². The van der Waals surface area contributed by atoms with Crippen LogP contribution in [0.2, 0.25) is 3.43 Å². The van der Waals surface area contributed by atoms with Gasteiger partial charge in [-0.15, -0.1) is 0 Å². The molecule has 0 saturated carbocycles. The zero-order valence-corrected chi connectivity index (χ0v) is 14.1. The van der Waals surface area contributed by atoms with Gasteiger partial charge in [-0.2, -0.15) is 0 Å². The summed E-state index contributed by atoms with van der Waals surface area (Å²) in [5, 5.41) is 0. The van der Waals surface area contributed by atoms with E-state index in [1.807, 2.05) is 7.11 Å². The fourth-order valence-corrected chi connectivity index (χ4v) is 10.3. The SMILES string of the molecule is CCC1(OC)CC=CC[CH]1[Hg][Cl]. The van der Waals surface area contributed by atoms with E-state index in [1.165, 1.54) is 0 Å². The normalized spacial score (nSPS) is 34.8. The Labute approximate surface area is 90.4 Å². The molecule has 0 aliphatic heterocycles. The molecule has 0 N–H and O–H groups in total. The van der Waals surface area contributed by atoms with Gasteiger partial charge in [-0.3, -0.25) is 0 Å². The Morgan fingerprint density at radius 3 is 2.83 bits per heavy atom. The third kappa shape index (κ3) is 2.05. The Hall–Kier alpha value is 0.925. The van der Waals surface area contributed by atoms with Crippen LogP contribution in [0.3, 0.4) is 0 Å². The molecule has 2 unspecified atom stereocenters. The van der Waals surface area contributed by atoms with E-state index in [-0.39, 0.29) is 5.60 Å². The summed E-state index contributed by atoms with van der Waals surface area (Å²) in [6.45, 7) is 2.20. The van der Waals surface area contributed by atoms with Crippen LogP contribution in [0.1, 0.15) is 26.2 Å². The van der Waals surface area contributed by atoms with Crippen LogP contribution in [0.25, 0.3) is 0 Å². The molecule has 1 aliphatic carbocycles. The van der Waals surface area contributed by atoms with E-state index in [4.69, 9.17) is 13.0 Å². The van der Waals surface area contributed by atoms with Crippen LogP contribution >= 0.6 is 8.25 Å². The van der Waals surface area contributed by atoms with Crippen molar-refractivity contribution in [3.63, 3.8) is 0 Å². The van der Waals surface area contributed by atoms with E-state index in [2.05, 4.69) is 19.1 Å². The van der Waals surface area contributed by atoms with E-state index in [9.17, 15) is 0 Å². The molecule has 1 aliphatic rings. The second-order valence-electron chi connectivity index (χ2n) is 3.38. The van der Waals surface area contributed by atoms with E-state index < -0.39 is 23.3 Å². The Bertz CT molecular complexity index is 166. The first-order chi connectivity index (χ1) is 5.79. The monoisotopic (exact) mass is 376 g/mol. The molecule has 0 amide bonds. The molecule has 0 bridgehead atoms. The summed E-state index contributed by atoms with van der Waals surface area (Å²) in [4.78, 5) is 0. The number of hydrogen-bond acceptors (Lipinski definition) is 1. The molecule has 2 atom stereocenters. The van der Waals surface area contributed by atoms with Crippen molar-refractivity contribution in [2.24, 2.45) is 0 Å². The number of methoxy groups -OCH3 is 1. The summed E-state index contributed by atoms with van der Waals surface area (Å²) in [6.07, 6.45) is 7.83. The van der Waals surface area contributed by atoms with Gasteiger partial charge in [-0.05, 0) is 0 Å². The molecule has 0 aromatic carbocycles. The van der Waals surface area contributed by atoms with Gasteiger partial charge in [-0.25, -0.2) is 0 Å². The molecule has 3 heteroatoms. The van der Waals surface area contributed by atoms with Crippen LogP contribution in [0, 0.1) is 0 Å². The molecular formula is C9H15ClHgO. The summed E-state index contributed by atoms with van der Waals surface area (Å²) in [7, 11) is 7.96. The first-order valence-electron chi connectivity index (χ1n) is 4.55. The van der Waals surface area contributed by atoms with Gasteiger partial charge in [0.15, 0.2) is 0 Å². The van der Waals surface area contributed by atoms with Crippen molar-refractivity contribution < 1.29 is 28.1 Å². The van der Waals surface area contributed by atoms with Gasteiger partial charge in [0.05, 0.1) is 0 Å². The van der Waals surface area contributed by atoms with Crippen molar-refractivity contribution in [2.45, 2.75) is 35.2 Å². The first kappa shape index (κ1) is 11.0. The number of allylic oxidation sites excluding steroid dienone is 1. The predicted molar refractivity (Wildman–Crippen MR) is 48.0 cm³/mol. The van der Waals surface area contributed by atoms with E-state index in [1.54, 1.807) is 0 Å². The van der Waals surface area contributed by atoms with Gasteiger partial charge >= 0.3 is 90.8 Å². The average Bonchev–Trinajstić information content (AvgIpc) is 2.17. The molecule has 0 saturated heterocycles. The third-order valence-corrected chi connectivity index (χ3v) is 11.9. The third-order valence-electron chi connectivity index (χ3n) is 2.99. The van der Waals surface area contributed by atoms with Gasteiger partial charge in [0.1, 0.15) is 0 Å². The van der Waals surface area contributed by atoms with Gasteiger partial charge in [0.2, 0.25) is 0 Å². The molecule has 1 rings (SSSR count). The summed E-state index contributed by atoms with van der Waals surface area (Å²) in [5.74, 6) is 0. The Morgan fingerprint density at radius 1 is 1.67 bits per heavy atom. The van der Waals surface area contributed by atoms with E-state index in [0.29, 0.717) is 3.43 Å². The van der Waals surface area contributed by atoms with Crippen LogP contribution in [0.4, 0.5) is 0 Å². The van der Waals surface area contributed by atoms with Crippen molar-refractivity contribution >= 4 is 8.25 Å². The van der Waals surface area contributed by atoms with Gasteiger partial charge in [-0.1, -0.05) is 0 Å². The maximum atomic E-state index is 6.13. The number of halogens is 1. The molecule has 66 valence electrons. The fourth-order valence-electron chi connectivity index (χ4n) is 1.96. The Balaban J connectivity index is 2.75. The number of rotatable bonds is 3. The van der Waals surface area contributed by atoms with Crippen LogP contribution < -0.4 is 0 Å². The second kappa shape index (κ2) is 4.97. The van der Waals surface area contributed by atoms with Crippen LogP contribution in [-0.4, -0.2) is 12.7 Å². The summed E-state index contributed by atoms with van der Waals surface area (Å²) < 4.78 is 6.36. The quantitative estimate of drug-likeness (QED) is 0.544. The molecule has 0 aromatic rings. The van der Waals surface area contributed by atoms with E-state index in [0.717, 1.165) is 19.3 Å².